The fourth-order valence-electron chi connectivity index (χ4n) is 3.08. The van der Waals surface area contributed by atoms with Crippen molar-refractivity contribution in [3.63, 3.8) is 0 Å². The van der Waals surface area contributed by atoms with E-state index in [1.165, 1.54) is 0 Å². The summed E-state index contributed by atoms with van der Waals surface area (Å²) in [6.45, 7) is 1.58. The van der Waals surface area contributed by atoms with E-state index in [2.05, 4.69) is 5.32 Å². The molecule has 1 aliphatic rings. The summed E-state index contributed by atoms with van der Waals surface area (Å²) >= 11 is 6.31. The van der Waals surface area contributed by atoms with Gasteiger partial charge in [-0.2, -0.15) is 4.31 Å². The molecule has 0 aliphatic carbocycles. The van der Waals surface area contributed by atoms with Crippen LogP contribution in [0.5, 0.6) is 5.75 Å². The van der Waals surface area contributed by atoms with Crippen molar-refractivity contribution >= 4 is 34.0 Å². The SMILES string of the molecule is COc1cccc(CS(=O)(=O)N2CCNCC2c2ccccc2Cl)c1.Cl. The Bertz CT molecular complexity index is 846. The first kappa shape index (κ1) is 21.0. The molecule has 1 N–H and O–H groups in total. The van der Waals surface area contributed by atoms with Crippen molar-refractivity contribution in [3.05, 3.63) is 64.7 Å². The molecular weight excluding hydrogens is 395 g/mol. The monoisotopic (exact) mass is 416 g/mol. The van der Waals surface area contributed by atoms with Gasteiger partial charge in [0, 0.05) is 24.7 Å². The lowest BCUT2D eigenvalue weighted by Gasteiger charge is -2.36. The largest absolute Gasteiger partial charge is 0.497 e. The zero-order valence-electron chi connectivity index (χ0n) is 14.4. The fraction of sp³-hybridized carbons (Fsp3) is 0.333. The van der Waals surface area contributed by atoms with Gasteiger partial charge in [-0.3, -0.25) is 0 Å². The van der Waals surface area contributed by atoms with Gasteiger partial charge in [-0.25, -0.2) is 8.42 Å². The quantitative estimate of drug-likeness (QED) is 0.812. The molecule has 0 saturated carbocycles. The van der Waals surface area contributed by atoms with Crippen molar-refractivity contribution in [2.45, 2.75) is 11.8 Å². The van der Waals surface area contributed by atoms with E-state index in [1.54, 1.807) is 41.7 Å². The summed E-state index contributed by atoms with van der Waals surface area (Å²) in [5, 5.41) is 3.84. The van der Waals surface area contributed by atoms with Crippen molar-refractivity contribution in [3.8, 4) is 5.75 Å². The topological polar surface area (TPSA) is 58.6 Å². The van der Waals surface area contributed by atoms with Gasteiger partial charge in [0.25, 0.3) is 0 Å². The van der Waals surface area contributed by atoms with E-state index in [0.29, 0.717) is 36.0 Å². The molecule has 26 heavy (non-hydrogen) atoms. The average molecular weight is 417 g/mol. The predicted octanol–water partition coefficient (Wildman–Crippen LogP) is 3.25. The number of hydrogen-bond donors (Lipinski definition) is 1. The molecule has 0 spiro atoms. The van der Waals surface area contributed by atoms with Gasteiger partial charge in [0.05, 0.1) is 18.9 Å². The van der Waals surface area contributed by atoms with Crippen LogP contribution in [0.15, 0.2) is 48.5 Å². The van der Waals surface area contributed by atoms with E-state index < -0.39 is 10.0 Å². The molecule has 8 heteroatoms. The summed E-state index contributed by atoms with van der Waals surface area (Å²) in [6, 6.07) is 14.2. The number of benzene rings is 2. The zero-order chi connectivity index (χ0) is 17.9. The molecule has 0 aromatic heterocycles. The molecule has 1 atom stereocenters. The molecular formula is C18H22Cl2N2O3S. The number of nitrogens with one attached hydrogen (secondary N) is 1. The van der Waals surface area contributed by atoms with Crippen molar-refractivity contribution in [2.75, 3.05) is 26.7 Å². The molecule has 1 unspecified atom stereocenters. The highest BCUT2D eigenvalue weighted by Gasteiger charge is 2.34. The fourth-order valence-corrected chi connectivity index (χ4v) is 5.06. The Hall–Kier alpha value is -1.31. The Morgan fingerprint density at radius 1 is 1.23 bits per heavy atom. The number of hydrogen-bond acceptors (Lipinski definition) is 4. The Kier molecular flexibility index (Phi) is 7.32. The van der Waals surface area contributed by atoms with Gasteiger partial charge < -0.3 is 10.1 Å². The van der Waals surface area contributed by atoms with Crippen molar-refractivity contribution < 1.29 is 13.2 Å². The van der Waals surface area contributed by atoms with Gasteiger partial charge in [0.2, 0.25) is 10.0 Å². The molecule has 5 nitrogen and oxygen atoms in total. The van der Waals surface area contributed by atoms with Crippen molar-refractivity contribution in [1.82, 2.24) is 9.62 Å². The third kappa shape index (κ3) is 4.69. The van der Waals surface area contributed by atoms with Crippen LogP contribution in [0.1, 0.15) is 17.2 Å². The van der Waals surface area contributed by atoms with E-state index >= 15 is 0 Å². The summed E-state index contributed by atoms with van der Waals surface area (Å²) in [4.78, 5) is 0. The highest BCUT2D eigenvalue weighted by atomic mass is 35.5. The van der Waals surface area contributed by atoms with Crippen LogP contribution >= 0.6 is 24.0 Å². The maximum Gasteiger partial charge on any atom is 0.218 e. The predicted molar refractivity (Wildman–Crippen MR) is 107 cm³/mol. The Labute approximate surface area is 165 Å². The van der Waals surface area contributed by atoms with E-state index in [9.17, 15) is 8.42 Å². The summed E-state index contributed by atoms with van der Waals surface area (Å²) in [6.07, 6.45) is 0. The molecule has 0 bridgehead atoms. The number of rotatable bonds is 5. The van der Waals surface area contributed by atoms with Gasteiger partial charge in [0.1, 0.15) is 5.75 Å². The number of ether oxygens (including phenoxy) is 1. The molecule has 0 amide bonds. The molecule has 2 aromatic carbocycles. The third-order valence-corrected chi connectivity index (χ3v) is 6.49. The number of methoxy groups -OCH3 is 1. The lowest BCUT2D eigenvalue weighted by Crippen LogP contribution is -2.49. The lowest BCUT2D eigenvalue weighted by molar-refractivity contribution is 0.271. The van der Waals surface area contributed by atoms with E-state index in [1.807, 2.05) is 18.2 Å². The van der Waals surface area contributed by atoms with Crippen molar-refractivity contribution in [2.24, 2.45) is 0 Å². The minimum atomic E-state index is -3.50. The second kappa shape index (κ2) is 9.06. The maximum absolute atomic E-state index is 13.1. The van der Waals surface area contributed by atoms with Crippen LogP contribution in [-0.2, 0) is 15.8 Å². The van der Waals surface area contributed by atoms with Crippen LogP contribution in [0.25, 0.3) is 0 Å². The van der Waals surface area contributed by atoms with Gasteiger partial charge in [-0.05, 0) is 29.3 Å². The van der Waals surface area contributed by atoms with Crippen LogP contribution < -0.4 is 10.1 Å². The van der Waals surface area contributed by atoms with E-state index in [0.717, 1.165) is 5.56 Å². The number of nitrogens with zero attached hydrogens (tertiary/aromatic N) is 1. The van der Waals surface area contributed by atoms with E-state index in [-0.39, 0.29) is 24.2 Å². The van der Waals surface area contributed by atoms with Crippen LogP contribution in [0.2, 0.25) is 5.02 Å². The van der Waals surface area contributed by atoms with Crippen LogP contribution in [-0.4, -0.2) is 39.5 Å². The molecule has 2 aromatic rings. The summed E-state index contributed by atoms with van der Waals surface area (Å²) in [5.41, 5.74) is 1.53. The van der Waals surface area contributed by atoms with Crippen LogP contribution in [0.4, 0.5) is 0 Å². The highest BCUT2D eigenvalue weighted by Crippen LogP contribution is 2.31. The van der Waals surface area contributed by atoms with Gasteiger partial charge in [-0.1, -0.05) is 41.9 Å². The molecule has 3 rings (SSSR count). The van der Waals surface area contributed by atoms with Crippen LogP contribution in [0.3, 0.4) is 0 Å². The minimum Gasteiger partial charge on any atom is -0.497 e. The van der Waals surface area contributed by atoms with Gasteiger partial charge in [-0.15, -0.1) is 12.4 Å². The number of piperazine rings is 1. The molecule has 1 saturated heterocycles. The maximum atomic E-state index is 13.1. The minimum absolute atomic E-state index is 0. The first-order valence-corrected chi connectivity index (χ1v) is 10.1. The standard InChI is InChI=1S/C18H21ClN2O3S.ClH/c1-24-15-6-4-5-14(11-15)13-25(22,23)21-10-9-20-12-18(21)16-7-2-3-8-17(16)19;/h2-8,11,18,20H,9-10,12-13H2,1H3;1H. The number of halogens is 2. The smallest absolute Gasteiger partial charge is 0.218 e. The Morgan fingerprint density at radius 3 is 2.73 bits per heavy atom. The molecule has 0 radical (unpaired) electrons. The Morgan fingerprint density at radius 2 is 2.00 bits per heavy atom. The summed E-state index contributed by atoms with van der Waals surface area (Å²) in [5.74, 6) is 0.584. The Balaban J connectivity index is 0.00000243. The van der Waals surface area contributed by atoms with E-state index in [4.69, 9.17) is 16.3 Å². The van der Waals surface area contributed by atoms with Crippen LogP contribution in [0, 0.1) is 0 Å². The molecule has 142 valence electrons. The summed E-state index contributed by atoms with van der Waals surface area (Å²) < 4.78 is 32.9. The van der Waals surface area contributed by atoms with Gasteiger partial charge >= 0.3 is 0 Å². The van der Waals surface area contributed by atoms with Gasteiger partial charge in [0.15, 0.2) is 0 Å². The normalized spacial score (nSPS) is 18.2. The van der Waals surface area contributed by atoms with Crippen molar-refractivity contribution in [1.29, 1.82) is 0 Å². The third-order valence-electron chi connectivity index (χ3n) is 4.30. The number of sulfonamides is 1. The first-order valence-electron chi connectivity index (χ1n) is 8.09. The summed E-state index contributed by atoms with van der Waals surface area (Å²) in [7, 11) is -1.93. The molecule has 1 aliphatic heterocycles. The average Bonchev–Trinajstić information content (AvgIpc) is 2.62. The zero-order valence-corrected chi connectivity index (χ0v) is 16.8. The first-order chi connectivity index (χ1) is 12.0. The molecule has 1 fully saturated rings. The lowest BCUT2D eigenvalue weighted by atomic mass is 10.1. The second-order valence-corrected chi connectivity index (χ2v) is 8.29. The second-order valence-electron chi connectivity index (χ2n) is 5.96. The molecule has 1 heterocycles. The highest BCUT2D eigenvalue weighted by molar-refractivity contribution is 7.88.